The van der Waals surface area contributed by atoms with Gasteiger partial charge in [0, 0.05) is 31.9 Å². The summed E-state index contributed by atoms with van der Waals surface area (Å²) in [4.78, 5) is 16.6. The maximum Gasteiger partial charge on any atom is 0.280 e. The monoisotopic (exact) mass is 304 g/mol. The second-order valence-electron chi connectivity index (χ2n) is 5.25. The minimum atomic E-state index is -0.366. The highest BCUT2D eigenvalue weighted by molar-refractivity contribution is 6.06. The number of carbonyl (C=O) groups is 1. The van der Waals surface area contributed by atoms with E-state index in [1.807, 2.05) is 4.90 Å². The summed E-state index contributed by atoms with van der Waals surface area (Å²) in [6.45, 7) is 3.40. The third-order valence-electron chi connectivity index (χ3n) is 3.65. The van der Waals surface area contributed by atoms with Crippen LogP contribution in [-0.4, -0.2) is 59.4 Å². The molecule has 0 atom stereocenters. The molecule has 0 unspecified atom stereocenters. The first-order chi connectivity index (χ1) is 10.6. The van der Waals surface area contributed by atoms with Crippen LogP contribution in [-0.2, 0) is 0 Å². The molecule has 2 heterocycles. The van der Waals surface area contributed by atoms with Gasteiger partial charge >= 0.3 is 0 Å². The molecular weight excluding hydrogens is 287 g/mol. The summed E-state index contributed by atoms with van der Waals surface area (Å²) in [5.41, 5.74) is 0.757. The number of H-pyrrole nitrogens is 1. The normalized spacial score (nSPS) is 15.8. The number of hydrogen-bond donors (Lipinski definition) is 2. The van der Waals surface area contributed by atoms with E-state index < -0.39 is 0 Å². The predicted molar refractivity (Wildman–Crippen MR) is 80.4 cm³/mol. The van der Waals surface area contributed by atoms with Gasteiger partial charge in [-0.15, -0.1) is 10.2 Å². The molecule has 1 aliphatic rings. The van der Waals surface area contributed by atoms with Crippen molar-refractivity contribution in [2.24, 2.45) is 0 Å². The summed E-state index contributed by atoms with van der Waals surface area (Å²) in [6.07, 6.45) is 0. The second kappa shape index (κ2) is 6.10. The highest BCUT2D eigenvalue weighted by Crippen LogP contribution is 2.18. The molecule has 7 nitrogen and oxygen atoms in total. The van der Waals surface area contributed by atoms with E-state index in [2.05, 4.69) is 32.7 Å². The molecular formula is C14H17FN6O. The largest absolute Gasteiger partial charge is 0.351 e. The third kappa shape index (κ3) is 3.06. The molecule has 2 N–H and O–H groups in total. The van der Waals surface area contributed by atoms with Crippen LogP contribution in [0.25, 0.3) is 0 Å². The molecule has 0 aliphatic carbocycles. The number of benzene rings is 1. The summed E-state index contributed by atoms with van der Waals surface area (Å²) in [5, 5.41) is 13.2. The minimum absolute atomic E-state index is 0.244. The molecule has 0 bridgehead atoms. The number of hydrogen-bond acceptors (Lipinski definition) is 5. The molecule has 2 aromatic rings. The molecule has 0 radical (unpaired) electrons. The molecule has 3 rings (SSSR count). The topological polar surface area (TPSA) is 77.2 Å². The molecule has 1 aliphatic heterocycles. The van der Waals surface area contributed by atoms with Crippen molar-refractivity contribution >= 4 is 17.4 Å². The second-order valence-corrected chi connectivity index (χ2v) is 5.25. The van der Waals surface area contributed by atoms with Gasteiger partial charge in [-0.2, -0.15) is 5.21 Å². The average Bonchev–Trinajstić information content (AvgIpc) is 3.00. The van der Waals surface area contributed by atoms with Gasteiger partial charge in [0.2, 0.25) is 0 Å². The first-order valence-corrected chi connectivity index (χ1v) is 7.04. The van der Waals surface area contributed by atoms with Crippen molar-refractivity contribution in [2.75, 3.05) is 43.4 Å². The Labute approximate surface area is 127 Å². The molecule has 1 fully saturated rings. The zero-order valence-corrected chi connectivity index (χ0v) is 12.2. The number of aromatic amines is 1. The van der Waals surface area contributed by atoms with E-state index in [0.717, 1.165) is 26.2 Å². The Balaban J connectivity index is 1.73. The summed E-state index contributed by atoms with van der Waals surface area (Å²) >= 11 is 0. The minimum Gasteiger partial charge on any atom is -0.351 e. The van der Waals surface area contributed by atoms with Crippen LogP contribution < -0.4 is 10.2 Å². The fourth-order valence-corrected chi connectivity index (χ4v) is 2.34. The Kier molecular flexibility index (Phi) is 4.01. The Morgan fingerprint density at radius 1 is 1.18 bits per heavy atom. The standard InChI is InChI=1S/C14H17FN6O/c1-20-6-8-21(9-7-20)13-12(17-19-18-13)14(22)16-11-4-2-10(15)3-5-11/h2-5H,6-9H2,1H3,(H,16,22)(H,17,18,19). The zero-order valence-electron chi connectivity index (χ0n) is 12.2. The lowest BCUT2D eigenvalue weighted by Crippen LogP contribution is -2.45. The van der Waals surface area contributed by atoms with Crippen LogP contribution >= 0.6 is 0 Å². The van der Waals surface area contributed by atoms with E-state index in [-0.39, 0.29) is 17.4 Å². The Hall–Kier alpha value is -2.48. The first kappa shape index (κ1) is 14.5. The molecule has 1 saturated heterocycles. The maximum absolute atomic E-state index is 12.9. The van der Waals surface area contributed by atoms with Crippen molar-refractivity contribution in [3.63, 3.8) is 0 Å². The van der Waals surface area contributed by atoms with Crippen molar-refractivity contribution in [3.05, 3.63) is 35.8 Å². The zero-order chi connectivity index (χ0) is 15.5. The fraction of sp³-hybridized carbons (Fsp3) is 0.357. The fourth-order valence-electron chi connectivity index (χ4n) is 2.34. The lowest BCUT2D eigenvalue weighted by atomic mass is 10.2. The Bertz CT molecular complexity index is 648. The number of nitrogens with one attached hydrogen (secondary N) is 2. The summed E-state index contributed by atoms with van der Waals surface area (Å²) < 4.78 is 12.9. The van der Waals surface area contributed by atoms with E-state index >= 15 is 0 Å². The quantitative estimate of drug-likeness (QED) is 0.883. The van der Waals surface area contributed by atoms with Gasteiger partial charge in [-0.25, -0.2) is 4.39 Å². The van der Waals surface area contributed by atoms with Gasteiger partial charge in [0.1, 0.15) is 5.82 Å². The number of rotatable bonds is 3. The number of amides is 1. The maximum atomic E-state index is 12.9. The highest BCUT2D eigenvalue weighted by Gasteiger charge is 2.24. The average molecular weight is 304 g/mol. The van der Waals surface area contributed by atoms with Gasteiger partial charge in [-0.3, -0.25) is 4.79 Å². The molecule has 116 valence electrons. The van der Waals surface area contributed by atoms with Crippen LogP contribution in [0.1, 0.15) is 10.5 Å². The van der Waals surface area contributed by atoms with Crippen molar-refractivity contribution in [1.82, 2.24) is 20.3 Å². The van der Waals surface area contributed by atoms with E-state index in [0.29, 0.717) is 11.5 Å². The smallest absolute Gasteiger partial charge is 0.280 e. The first-order valence-electron chi connectivity index (χ1n) is 7.04. The molecule has 8 heteroatoms. The molecule has 1 aromatic heterocycles. The van der Waals surface area contributed by atoms with Gasteiger partial charge in [0.05, 0.1) is 0 Å². The van der Waals surface area contributed by atoms with Gasteiger partial charge in [-0.05, 0) is 31.3 Å². The van der Waals surface area contributed by atoms with Crippen molar-refractivity contribution in [3.8, 4) is 0 Å². The number of nitrogens with zero attached hydrogens (tertiary/aromatic N) is 4. The number of piperazine rings is 1. The molecule has 0 spiro atoms. The van der Waals surface area contributed by atoms with E-state index in [9.17, 15) is 9.18 Å². The van der Waals surface area contributed by atoms with Crippen LogP contribution in [0.3, 0.4) is 0 Å². The van der Waals surface area contributed by atoms with E-state index in [1.165, 1.54) is 24.3 Å². The van der Waals surface area contributed by atoms with Crippen molar-refractivity contribution in [2.45, 2.75) is 0 Å². The molecule has 22 heavy (non-hydrogen) atoms. The van der Waals surface area contributed by atoms with Gasteiger partial charge in [0.25, 0.3) is 5.91 Å². The lowest BCUT2D eigenvalue weighted by molar-refractivity contribution is 0.102. The number of aromatic nitrogens is 3. The van der Waals surface area contributed by atoms with Crippen LogP contribution in [0.4, 0.5) is 15.9 Å². The highest BCUT2D eigenvalue weighted by atomic mass is 19.1. The van der Waals surface area contributed by atoms with E-state index in [1.54, 1.807) is 0 Å². The predicted octanol–water partition coefficient (Wildman–Crippen LogP) is 0.948. The molecule has 1 amide bonds. The van der Waals surface area contributed by atoms with Crippen molar-refractivity contribution in [1.29, 1.82) is 0 Å². The number of anilines is 2. The SMILES string of the molecule is CN1CCN(c2n[nH]nc2C(=O)Nc2ccc(F)cc2)CC1. The summed E-state index contributed by atoms with van der Waals surface area (Å²) in [5.74, 6) is -0.167. The van der Waals surface area contributed by atoms with Crippen LogP contribution in [0.15, 0.2) is 24.3 Å². The lowest BCUT2D eigenvalue weighted by Gasteiger charge is -2.32. The molecule has 1 aromatic carbocycles. The third-order valence-corrected chi connectivity index (χ3v) is 3.65. The van der Waals surface area contributed by atoms with Crippen LogP contribution in [0.5, 0.6) is 0 Å². The Morgan fingerprint density at radius 2 is 1.86 bits per heavy atom. The number of likely N-dealkylation sites (N-methyl/N-ethyl adjacent to an activating group) is 1. The Morgan fingerprint density at radius 3 is 2.55 bits per heavy atom. The van der Waals surface area contributed by atoms with Crippen LogP contribution in [0.2, 0.25) is 0 Å². The number of carbonyl (C=O) groups excluding carboxylic acids is 1. The summed E-state index contributed by atoms with van der Waals surface area (Å²) in [6, 6.07) is 5.59. The van der Waals surface area contributed by atoms with Crippen molar-refractivity contribution < 1.29 is 9.18 Å². The van der Waals surface area contributed by atoms with Crippen LogP contribution in [0, 0.1) is 5.82 Å². The van der Waals surface area contributed by atoms with Gasteiger partial charge < -0.3 is 15.1 Å². The van der Waals surface area contributed by atoms with Gasteiger partial charge in [-0.1, -0.05) is 0 Å². The summed E-state index contributed by atoms with van der Waals surface area (Å²) in [7, 11) is 2.06. The number of halogens is 1. The van der Waals surface area contributed by atoms with E-state index in [4.69, 9.17) is 0 Å². The van der Waals surface area contributed by atoms with Gasteiger partial charge in [0.15, 0.2) is 11.5 Å². The molecule has 0 saturated carbocycles.